The van der Waals surface area contributed by atoms with Crippen LogP contribution in [0.5, 0.6) is 0 Å². The third-order valence-electron chi connectivity index (χ3n) is 8.51. The summed E-state index contributed by atoms with van der Waals surface area (Å²) in [6, 6.07) is 18.2. The topological polar surface area (TPSA) is 37.4 Å². The molecule has 0 spiro atoms. The first kappa shape index (κ1) is 18.1. The SMILES string of the molecule is Cc1ccc(S(=O)(=O)N2C[C@H]3[C@H](c4ccccc4)[C@@]3(C3[C@H]4CCCC[C@@H]34)C2)cc1. The van der Waals surface area contributed by atoms with Crippen LogP contribution in [-0.2, 0) is 10.0 Å². The summed E-state index contributed by atoms with van der Waals surface area (Å²) in [6.45, 7) is 3.40. The number of hydrogen-bond donors (Lipinski definition) is 0. The van der Waals surface area contributed by atoms with Crippen molar-refractivity contribution in [2.24, 2.45) is 29.1 Å². The van der Waals surface area contributed by atoms with Gasteiger partial charge < -0.3 is 0 Å². The second kappa shape index (κ2) is 6.18. The van der Waals surface area contributed by atoms with Gasteiger partial charge in [-0.3, -0.25) is 0 Å². The van der Waals surface area contributed by atoms with E-state index in [0.29, 0.717) is 29.8 Å². The van der Waals surface area contributed by atoms with Crippen molar-refractivity contribution in [1.29, 1.82) is 0 Å². The van der Waals surface area contributed by atoms with E-state index in [-0.39, 0.29) is 5.41 Å². The first-order valence-corrected chi connectivity index (χ1v) is 12.6. The molecule has 1 unspecified atom stereocenters. The summed E-state index contributed by atoms with van der Waals surface area (Å²) >= 11 is 0. The molecule has 3 nitrogen and oxygen atoms in total. The lowest BCUT2D eigenvalue weighted by atomic mass is 9.91. The quantitative estimate of drug-likeness (QED) is 0.728. The Balaban J connectivity index is 1.33. The zero-order chi connectivity index (χ0) is 19.8. The summed E-state index contributed by atoms with van der Waals surface area (Å²) in [5.41, 5.74) is 2.70. The first-order chi connectivity index (χ1) is 14.0. The van der Waals surface area contributed by atoms with Crippen molar-refractivity contribution in [3.63, 3.8) is 0 Å². The molecule has 3 aliphatic carbocycles. The Kier molecular flexibility index (Phi) is 3.87. The van der Waals surface area contributed by atoms with Gasteiger partial charge >= 0.3 is 0 Å². The van der Waals surface area contributed by atoms with Crippen LogP contribution in [0.4, 0.5) is 0 Å². The van der Waals surface area contributed by atoms with Gasteiger partial charge in [-0.2, -0.15) is 4.31 Å². The number of aryl methyl sites for hydroxylation is 1. The third kappa shape index (κ3) is 2.55. The highest BCUT2D eigenvalue weighted by molar-refractivity contribution is 7.89. The lowest BCUT2D eigenvalue weighted by Crippen LogP contribution is -2.34. The summed E-state index contributed by atoms with van der Waals surface area (Å²) in [5.74, 6) is 3.46. The van der Waals surface area contributed by atoms with Crippen LogP contribution in [0.15, 0.2) is 59.5 Å². The highest BCUT2D eigenvalue weighted by Crippen LogP contribution is 2.81. The Hall–Kier alpha value is -1.65. The van der Waals surface area contributed by atoms with Crippen molar-refractivity contribution >= 4 is 10.0 Å². The number of rotatable bonds is 4. The van der Waals surface area contributed by atoms with Gasteiger partial charge in [0.15, 0.2) is 0 Å². The number of hydrogen-bond acceptors (Lipinski definition) is 2. The fourth-order valence-electron chi connectivity index (χ4n) is 7.22. The standard InChI is InChI=1S/C25H29NO2S/c1-17-11-13-19(14-12-17)29(27,28)26-15-22-23(18-7-3-2-4-8-18)25(22,16-26)24-20-9-5-6-10-21(20)24/h2-4,7-8,11-14,20-24H,5-6,9-10,15-16H2,1H3/t20-,21+,22-,23-,24?,25+/m0/s1. The minimum atomic E-state index is -3.41. The molecular weight excluding hydrogens is 378 g/mol. The molecule has 3 saturated carbocycles. The summed E-state index contributed by atoms with van der Waals surface area (Å²) in [5, 5.41) is 0. The van der Waals surface area contributed by atoms with E-state index in [1.54, 1.807) is 12.1 Å². The van der Waals surface area contributed by atoms with Crippen LogP contribution < -0.4 is 0 Å². The molecule has 6 rings (SSSR count). The van der Waals surface area contributed by atoms with E-state index in [9.17, 15) is 8.42 Å². The Labute approximate surface area is 174 Å². The molecule has 0 amide bonds. The molecule has 4 fully saturated rings. The lowest BCUT2D eigenvalue weighted by Gasteiger charge is -2.24. The average molecular weight is 408 g/mol. The van der Waals surface area contributed by atoms with Gasteiger partial charge in [0, 0.05) is 13.1 Å². The molecular formula is C25H29NO2S. The van der Waals surface area contributed by atoms with Gasteiger partial charge in [0.25, 0.3) is 0 Å². The second-order valence-corrected chi connectivity index (χ2v) is 11.8. The first-order valence-electron chi connectivity index (χ1n) is 11.2. The number of benzene rings is 2. The van der Waals surface area contributed by atoms with Crippen molar-refractivity contribution in [2.45, 2.75) is 43.4 Å². The molecule has 152 valence electrons. The van der Waals surface area contributed by atoms with E-state index in [1.165, 1.54) is 31.2 Å². The monoisotopic (exact) mass is 407 g/mol. The number of fused-ring (bicyclic) bond motifs is 2. The van der Waals surface area contributed by atoms with Crippen molar-refractivity contribution in [3.8, 4) is 0 Å². The Bertz CT molecular complexity index is 1020. The molecule has 0 bridgehead atoms. The maximum absolute atomic E-state index is 13.4. The van der Waals surface area contributed by atoms with Gasteiger partial charge in [0.05, 0.1) is 4.90 Å². The van der Waals surface area contributed by atoms with Crippen LogP contribution in [0.1, 0.15) is 42.7 Å². The zero-order valence-electron chi connectivity index (χ0n) is 17.0. The molecule has 1 aliphatic heterocycles. The van der Waals surface area contributed by atoms with Crippen LogP contribution >= 0.6 is 0 Å². The highest BCUT2D eigenvalue weighted by Gasteiger charge is 2.79. The second-order valence-electron chi connectivity index (χ2n) is 9.86. The van der Waals surface area contributed by atoms with Crippen molar-refractivity contribution < 1.29 is 8.42 Å². The summed E-state index contributed by atoms with van der Waals surface area (Å²) in [7, 11) is -3.41. The van der Waals surface area contributed by atoms with Crippen molar-refractivity contribution in [1.82, 2.24) is 4.31 Å². The number of sulfonamides is 1. The Morgan fingerprint density at radius 2 is 1.59 bits per heavy atom. The van der Waals surface area contributed by atoms with E-state index in [1.807, 2.05) is 23.4 Å². The Morgan fingerprint density at radius 1 is 0.931 bits per heavy atom. The molecule has 1 saturated heterocycles. The van der Waals surface area contributed by atoms with Gasteiger partial charge in [0.1, 0.15) is 0 Å². The smallest absolute Gasteiger partial charge is 0.207 e. The van der Waals surface area contributed by atoms with E-state index in [4.69, 9.17) is 0 Å². The molecule has 2 aromatic carbocycles. The summed E-state index contributed by atoms with van der Waals surface area (Å²) in [6.07, 6.45) is 5.44. The fraction of sp³-hybridized carbons (Fsp3) is 0.520. The van der Waals surface area contributed by atoms with E-state index >= 15 is 0 Å². The normalized spacial score (nSPS) is 38.3. The molecule has 4 heteroatoms. The molecule has 29 heavy (non-hydrogen) atoms. The minimum Gasteiger partial charge on any atom is -0.207 e. The van der Waals surface area contributed by atoms with Gasteiger partial charge in [-0.1, -0.05) is 60.9 Å². The van der Waals surface area contributed by atoms with E-state index in [2.05, 4.69) is 30.3 Å². The fourth-order valence-corrected chi connectivity index (χ4v) is 8.74. The van der Waals surface area contributed by atoms with Crippen LogP contribution in [-0.4, -0.2) is 25.8 Å². The summed E-state index contributed by atoms with van der Waals surface area (Å²) in [4.78, 5) is 0.448. The molecule has 2 aromatic rings. The van der Waals surface area contributed by atoms with Crippen LogP contribution in [0.2, 0.25) is 0 Å². The van der Waals surface area contributed by atoms with Gasteiger partial charge in [-0.25, -0.2) is 8.42 Å². The average Bonchev–Trinajstić information content (AvgIpc) is 3.58. The van der Waals surface area contributed by atoms with Crippen LogP contribution in [0.3, 0.4) is 0 Å². The largest absolute Gasteiger partial charge is 0.243 e. The molecule has 0 radical (unpaired) electrons. The maximum Gasteiger partial charge on any atom is 0.243 e. The molecule has 0 aromatic heterocycles. The number of piperidine rings is 1. The van der Waals surface area contributed by atoms with Gasteiger partial charge in [-0.15, -0.1) is 0 Å². The van der Waals surface area contributed by atoms with Gasteiger partial charge in [-0.05, 0) is 72.5 Å². The van der Waals surface area contributed by atoms with Crippen molar-refractivity contribution in [2.75, 3.05) is 13.1 Å². The van der Waals surface area contributed by atoms with E-state index in [0.717, 1.165) is 23.3 Å². The summed E-state index contributed by atoms with van der Waals surface area (Å²) < 4.78 is 28.6. The predicted molar refractivity (Wildman–Crippen MR) is 114 cm³/mol. The van der Waals surface area contributed by atoms with Crippen molar-refractivity contribution in [3.05, 3.63) is 65.7 Å². The van der Waals surface area contributed by atoms with Gasteiger partial charge in [0.2, 0.25) is 10.0 Å². The number of nitrogens with zero attached hydrogens (tertiary/aromatic N) is 1. The third-order valence-corrected chi connectivity index (χ3v) is 10.3. The molecule has 4 aliphatic rings. The molecule has 0 N–H and O–H groups in total. The van der Waals surface area contributed by atoms with Crippen LogP contribution in [0, 0.1) is 36.0 Å². The van der Waals surface area contributed by atoms with Crippen LogP contribution in [0.25, 0.3) is 0 Å². The maximum atomic E-state index is 13.4. The molecule has 1 heterocycles. The zero-order valence-corrected chi connectivity index (χ0v) is 17.8. The lowest BCUT2D eigenvalue weighted by molar-refractivity contribution is 0.335. The highest BCUT2D eigenvalue weighted by atomic mass is 32.2. The van der Waals surface area contributed by atoms with E-state index < -0.39 is 10.0 Å². The predicted octanol–water partition coefficient (Wildman–Crippen LogP) is 4.84. The minimum absolute atomic E-state index is 0.179. The molecule has 6 atom stereocenters. The Morgan fingerprint density at radius 3 is 2.24 bits per heavy atom.